The summed E-state index contributed by atoms with van der Waals surface area (Å²) in [6.45, 7) is 0.184. The van der Waals surface area contributed by atoms with Crippen LogP contribution in [0, 0.1) is 0 Å². The van der Waals surface area contributed by atoms with E-state index >= 15 is 0 Å². The lowest BCUT2D eigenvalue weighted by atomic mass is 10.1. The monoisotopic (exact) mass is 330 g/mol. The molecule has 2 nitrogen and oxygen atoms in total. The summed E-state index contributed by atoms with van der Waals surface area (Å²) < 4.78 is 5.38. The second kappa shape index (κ2) is 6.39. The van der Waals surface area contributed by atoms with Gasteiger partial charge in [0.2, 0.25) is 0 Å². The van der Waals surface area contributed by atoms with Gasteiger partial charge in [-0.1, -0.05) is 65.7 Å². The number of esters is 1. The van der Waals surface area contributed by atoms with Crippen LogP contribution in [0.25, 0.3) is 10.8 Å². The van der Waals surface area contributed by atoms with E-state index in [1.54, 1.807) is 12.1 Å². The van der Waals surface area contributed by atoms with Crippen LogP contribution < -0.4 is 0 Å². The zero-order valence-corrected chi connectivity index (χ0v) is 13.1. The van der Waals surface area contributed by atoms with Crippen molar-refractivity contribution in [2.24, 2.45) is 0 Å². The molecule has 0 N–H and O–H groups in total. The second-order valence-corrected chi connectivity index (χ2v) is 5.68. The smallest absolute Gasteiger partial charge is 0.340 e. The summed E-state index contributed by atoms with van der Waals surface area (Å²) in [5.41, 5.74) is 1.22. The summed E-state index contributed by atoms with van der Waals surface area (Å²) in [6.07, 6.45) is 0. The molecule has 0 aliphatic rings. The number of benzene rings is 3. The van der Waals surface area contributed by atoms with E-state index in [1.165, 1.54) is 6.07 Å². The molecule has 3 rings (SSSR count). The van der Waals surface area contributed by atoms with Crippen LogP contribution in [0.5, 0.6) is 0 Å². The van der Waals surface area contributed by atoms with Crippen molar-refractivity contribution in [3.8, 4) is 0 Å². The highest BCUT2D eigenvalue weighted by Crippen LogP contribution is 2.23. The number of rotatable bonds is 3. The molecule has 3 aromatic rings. The van der Waals surface area contributed by atoms with Gasteiger partial charge in [0.25, 0.3) is 0 Å². The zero-order valence-electron chi connectivity index (χ0n) is 11.6. The SMILES string of the molecule is O=C(OCc1cccc2ccccc12)c1cc(Cl)ccc1Cl. The van der Waals surface area contributed by atoms with E-state index in [1.807, 2.05) is 42.5 Å². The van der Waals surface area contributed by atoms with Crippen LogP contribution in [0.2, 0.25) is 10.0 Å². The van der Waals surface area contributed by atoms with Gasteiger partial charge in [0.15, 0.2) is 0 Å². The number of fused-ring (bicyclic) bond motifs is 1. The van der Waals surface area contributed by atoms with Gasteiger partial charge in [-0.3, -0.25) is 0 Å². The Bertz CT molecular complexity index is 838. The molecule has 0 radical (unpaired) electrons. The molecule has 0 bridgehead atoms. The average molecular weight is 331 g/mol. The predicted octanol–water partition coefficient (Wildman–Crippen LogP) is 5.50. The highest BCUT2D eigenvalue weighted by Gasteiger charge is 2.13. The van der Waals surface area contributed by atoms with Crippen LogP contribution in [-0.4, -0.2) is 5.97 Å². The number of ether oxygens (including phenoxy) is 1. The number of carbonyl (C=O) groups excluding carboxylic acids is 1. The molecule has 0 fully saturated rings. The molecule has 22 heavy (non-hydrogen) atoms. The number of hydrogen-bond acceptors (Lipinski definition) is 2. The van der Waals surface area contributed by atoms with E-state index < -0.39 is 5.97 Å². The lowest BCUT2D eigenvalue weighted by Crippen LogP contribution is -2.06. The van der Waals surface area contributed by atoms with E-state index in [-0.39, 0.29) is 12.2 Å². The summed E-state index contributed by atoms with van der Waals surface area (Å²) in [7, 11) is 0. The highest BCUT2D eigenvalue weighted by atomic mass is 35.5. The van der Waals surface area contributed by atoms with E-state index in [0.717, 1.165) is 16.3 Å². The quantitative estimate of drug-likeness (QED) is 0.592. The lowest BCUT2D eigenvalue weighted by Gasteiger charge is -2.09. The lowest BCUT2D eigenvalue weighted by molar-refractivity contribution is 0.0474. The van der Waals surface area contributed by atoms with Gasteiger partial charge in [0.1, 0.15) is 6.61 Å². The normalized spacial score (nSPS) is 10.6. The Hall–Kier alpha value is -2.03. The van der Waals surface area contributed by atoms with Crippen molar-refractivity contribution in [2.45, 2.75) is 6.61 Å². The van der Waals surface area contributed by atoms with E-state index in [0.29, 0.717) is 10.0 Å². The molecule has 0 amide bonds. The molecule has 0 aromatic heterocycles. The third-order valence-electron chi connectivity index (χ3n) is 3.39. The van der Waals surface area contributed by atoms with Gasteiger partial charge in [0.05, 0.1) is 10.6 Å². The van der Waals surface area contributed by atoms with Gasteiger partial charge in [-0.15, -0.1) is 0 Å². The van der Waals surface area contributed by atoms with Crippen LogP contribution in [0.1, 0.15) is 15.9 Å². The summed E-state index contributed by atoms with van der Waals surface area (Å²) >= 11 is 11.9. The highest BCUT2D eigenvalue weighted by molar-refractivity contribution is 6.35. The molecular formula is C18H12Cl2O2. The maximum absolute atomic E-state index is 12.2. The van der Waals surface area contributed by atoms with Gasteiger partial charge in [0, 0.05) is 5.02 Å². The van der Waals surface area contributed by atoms with Crippen LogP contribution in [0.3, 0.4) is 0 Å². The molecule has 0 atom stereocenters. The number of halogens is 2. The Balaban J connectivity index is 1.82. The van der Waals surface area contributed by atoms with Gasteiger partial charge in [-0.25, -0.2) is 4.79 Å². The van der Waals surface area contributed by atoms with Crippen molar-refractivity contribution in [1.82, 2.24) is 0 Å². The Labute approximate surface area is 138 Å². The molecule has 0 saturated carbocycles. The van der Waals surface area contributed by atoms with E-state index in [4.69, 9.17) is 27.9 Å². The molecule has 0 aliphatic carbocycles. The maximum Gasteiger partial charge on any atom is 0.340 e. The fourth-order valence-electron chi connectivity index (χ4n) is 2.29. The van der Waals surface area contributed by atoms with Crippen LogP contribution in [0.4, 0.5) is 0 Å². The summed E-state index contributed by atoms with van der Waals surface area (Å²) in [6, 6.07) is 18.6. The van der Waals surface area contributed by atoms with Crippen molar-refractivity contribution in [2.75, 3.05) is 0 Å². The predicted molar refractivity (Wildman–Crippen MR) is 89.5 cm³/mol. The van der Waals surface area contributed by atoms with Gasteiger partial charge in [-0.05, 0) is 34.5 Å². The van der Waals surface area contributed by atoms with Crippen LogP contribution >= 0.6 is 23.2 Å². The van der Waals surface area contributed by atoms with Crippen molar-refractivity contribution in [3.05, 3.63) is 81.8 Å². The van der Waals surface area contributed by atoms with E-state index in [2.05, 4.69) is 0 Å². The molecule has 0 spiro atoms. The molecular weight excluding hydrogens is 319 g/mol. The Morgan fingerprint density at radius 3 is 2.59 bits per heavy atom. The van der Waals surface area contributed by atoms with Crippen molar-refractivity contribution < 1.29 is 9.53 Å². The first kappa shape index (κ1) is 14.9. The first-order valence-electron chi connectivity index (χ1n) is 6.74. The minimum atomic E-state index is -0.486. The van der Waals surface area contributed by atoms with E-state index in [9.17, 15) is 4.79 Å². The Morgan fingerprint density at radius 2 is 1.73 bits per heavy atom. The topological polar surface area (TPSA) is 26.3 Å². The molecule has 3 aromatic carbocycles. The molecule has 110 valence electrons. The van der Waals surface area contributed by atoms with Crippen LogP contribution in [-0.2, 0) is 11.3 Å². The Morgan fingerprint density at radius 1 is 0.955 bits per heavy atom. The standard InChI is InChI=1S/C18H12Cl2O2/c19-14-8-9-17(20)16(10-14)18(21)22-11-13-6-3-5-12-4-1-2-7-15(12)13/h1-10H,11H2. The number of hydrogen-bond donors (Lipinski definition) is 0. The van der Waals surface area contributed by atoms with Crippen molar-refractivity contribution >= 4 is 39.9 Å². The summed E-state index contributed by atoms with van der Waals surface area (Å²) in [5.74, 6) is -0.486. The van der Waals surface area contributed by atoms with Gasteiger partial charge < -0.3 is 4.74 Å². The summed E-state index contributed by atoms with van der Waals surface area (Å²) in [5, 5.41) is 2.95. The fraction of sp³-hybridized carbons (Fsp3) is 0.0556. The largest absolute Gasteiger partial charge is 0.457 e. The Kier molecular flexibility index (Phi) is 4.32. The van der Waals surface area contributed by atoms with Crippen LogP contribution in [0.15, 0.2) is 60.7 Å². The maximum atomic E-state index is 12.2. The van der Waals surface area contributed by atoms with Gasteiger partial charge in [-0.2, -0.15) is 0 Å². The molecule has 0 aliphatic heterocycles. The first-order valence-corrected chi connectivity index (χ1v) is 7.49. The summed E-state index contributed by atoms with van der Waals surface area (Å²) in [4.78, 5) is 12.2. The molecule has 0 heterocycles. The minimum Gasteiger partial charge on any atom is -0.457 e. The first-order chi connectivity index (χ1) is 10.6. The second-order valence-electron chi connectivity index (χ2n) is 4.84. The fourth-order valence-corrected chi connectivity index (χ4v) is 2.66. The minimum absolute atomic E-state index is 0.184. The molecule has 0 unspecified atom stereocenters. The number of carbonyl (C=O) groups is 1. The van der Waals surface area contributed by atoms with Gasteiger partial charge >= 0.3 is 5.97 Å². The van der Waals surface area contributed by atoms with Crippen molar-refractivity contribution in [1.29, 1.82) is 0 Å². The third kappa shape index (κ3) is 3.08. The van der Waals surface area contributed by atoms with Crippen molar-refractivity contribution in [3.63, 3.8) is 0 Å². The third-order valence-corrected chi connectivity index (χ3v) is 3.95. The average Bonchev–Trinajstić information content (AvgIpc) is 2.54. The zero-order chi connectivity index (χ0) is 15.5. The molecule has 4 heteroatoms. The molecule has 0 saturated heterocycles.